The minimum Gasteiger partial charge on any atom is -0.444 e. The Morgan fingerprint density at radius 3 is 2.26 bits per heavy atom. The summed E-state index contributed by atoms with van der Waals surface area (Å²) in [7, 11) is 0. The van der Waals surface area contributed by atoms with Crippen molar-refractivity contribution in [3.63, 3.8) is 0 Å². The smallest absolute Gasteiger partial charge is 0.410 e. The normalized spacial score (nSPS) is 21.2. The number of rotatable bonds is 7. The molecule has 2 aromatic carbocycles. The second kappa shape index (κ2) is 14.9. The highest BCUT2D eigenvalue weighted by Crippen LogP contribution is 2.34. The van der Waals surface area contributed by atoms with Crippen molar-refractivity contribution < 1.29 is 23.9 Å². The van der Waals surface area contributed by atoms with Crippen LogP contribution in [0.3, 0.4) is 0 Å². The van der Waals surface area contributed by atoms with Crippen LogP contribution in [-0.2, 0) is 27.3 Å². The number of amides is 4. The Morgan fingerprint density at radius 2 is 1.62 bits per heavy atom. The summed E-state index contributed by atoms with van der Waals surface area (Å²) in [5.74, 6) is 1.02. The lowest BCUT2D eigenvalue weighted by molar-refractivity contribution is -0.133. The first kappa shape index (κ1) is 36.2. The molecule has 11 heteroatoms. The van der Waals surface area contributed by atoms with E-state index in [2.05, 4.69) is 4.90 Å². The quantitative estimate of drug-likeness (QED) is 0.371. The fourth-order valence-electron chi connectivity index (χ4n) is 8.13. The van der Waals surface area contributed by atoms with Crippen molar-refractivity contribution in [1.82, 2.24) is 19.6 Å². The molecule has 2 aromatic rings. The summed E-state index contributed by atoms with van der Waals surface area (Å²) < 4.78 is 5.59. The van der Waals surface area contributed by atoms with Gasteiger partial charge in [0.25, 0.3) is 5.91 Å². The number of piperidine rings is 1. The van der Waals surface area contributed by atoms with Gasteiger partial charge in [-0.05, 0) is 107 Å². The highest BCUT2D eigenvalue weighted by atomic mass is 35.5. The van der Waals surface area contributed by atoms with E-state index in [1.807, 2.05) is 78.8 Å². The van der Waals surface area contributed by atoms with Crippen molar-refractivity contribution in [2.75, 3.05) is 63.8 Å². The number of likely N-dealkylation sites (tertiary alicyclic amines) is 3. The molecule has 0 bridgehead atoms. The molecule has 3 fully saturated rings. The molecule has 6 rings (SSSR count). The van der Waals surface area contributed by atoms with Gasteiger partial charge in [-0.1, -0.05) is 29.8 Å². The third-order valence-corrected chi connectivity index (χ3v) is 11.3. The maximum absolute atomic E-state index is 13.9. The van der Waals surface area contributed by atoms with Gasteiger partial charge in [-0.15, -0.1) is 0 Å². The van der Waals surface area contributed by atoms with Crippen LogP contribution in [0.4, 0.5) is 10.5 Å². The first-order valence-corrected chi connectivity index (χ1v) is 18.6. The zero-order valence-electron chi connectivity index (χ0n) is 30.3. The zero-order valence-corrected chi connectivity index (χ0v) is 31.0. The number of ether oxygens (including phenoxy) is 1. The maximum atomic E-state index is 13.9. The van der Waals surface area contributed by atoms with Gasteiger partial charge in [0.2, 0.25) is 11.8 Å². The van der Waals surface area contributed by atoms with E-state index >= 15 is 0 Å². The number of hydrogen-bond donors (Lipinski definition) is 0. The number of anilines is 1. The van der Waals surface area contributed by atoms with Crippen molar-refractivity contribution in [1.29, 1.82) is 0 Å². The lowest BCUT2D eigenvalue weighted by Crippen LogP contribution is -2.44. The number of hydrogen-bond acceptors (Lipinski definition) is 6. The van der Waals surface area contributed by atoms with Crippen LogP contribution in [0, 0.1) is 24.7 Å². The lowest BCUT2D eigenvalue weighted by Gasteiger charge is -2.34. The maximum Gasteiger partial charge on any atom is 0.410 e. The van der Waals surface area contributed by atoms with Crippen LogP contribution in [0.1, 0.15) is 74.0 Å². The number of halogens is 1. The Labute approximate surface area is 301 Å². The average Bonchev–Trinajstić information content (AvgIpc) is 3.65. The molecule has 0 aliphatic carbocycles. The van der Waals surface area contributed by atoms with Crippen LogP contribution >= 0.6 is 11.6 Å². The predicted molar refractivity (Wildman–Crippen MR) is 194 cm³/mol. The van der Waals surface area contributed by atoms with Gasteiger partial charge >= 0.3 is 6.09 Å². The molecule has 270 valence electrons. The van der Waals surface area contributed by atoms with Crippen LogP contribution < -0.4 is 4.90 Å². The molecule has 4 heterocycles. The van der Waals surface area contributed by atoms with Gasteiger partial charge in [-0.25, -0.2) is 4.79 Å². The molecule has 0 saturated carbocycles. The summed E-state index contributed by atoms with van der Waals surface area (Å²) in [4.78, 5) is 62.2. The van der Waals surface area contributed by atoms with E-state index in [-0.39, 0.29) is 29.7 Å². The first-order chi connectivity index (χ1) is 23.8. The second-order valence-electron chi connectivity index (χ2n) is 15.6. The number of carbonyl (C=O) groups excluding carboxylic acids is 4. The minimum absolute atomic E-state index is 0.0631. The van der Waals surface area contributed by atoms with Crippen LogP contribution in [0.2, 0.25) is 5.02 Å². The van der Waals surface area contributed by atoms with Gasteiger partial charge in [-0.2, -0.15) is 0 Å². The van der Waals surface area contributed by atoms with E-state index in [0.717, 1.165) is 67.1 Å². The van der Waals surface area contributed by atoms with E-state index in [0.29, 0.717) is 68.8 Å². The monoisotopic (exact) mass is 705 g/mol. The van der Waals surface area contributed by atoms with Crippen LogP contribution in [0.5, 0.6) is 0 Å². The molecule has 3 saturated heterocycles. The Balaban J connectivity index is 1.02. The molecule has 0 spiro atoms. The Hall–Kier alpha value is -3.63. The molecule has 4 aliphatic heterocycles. The van der Waals surface area contributed by atoms with Crippen LogP contribution in [0.15, 0.2) is 36.4 Å². The molecule has 0 aromatic heterocycles. The molecule has 2 unspecified atom stereocenters. The third kappa shape index (κ3) is 8.12. The highest BCUT2D eigenvalue weighted by Gasteiger charge is 2.42. The number of carbonyl (C=O) groups is 4. The van der Waals surface area contributed by atoms with Gasteiger partial charge in [0.05, 0.1) is 0 Å². The van der Waals surface area contributed by atoms with Gasteiger partial charge in [0, 0.05) is 88.0 Å². The van der Waals surface area contributed by atoms with Crippen molar-refractivity contribution in [2.45, 2.75) is 72.4 Å². The van der Waals surface area contributed by atoms with Gasteiger partial charge in [0.15, 0.2) is 0 Å². The van der Waals surface area contributed by atoms with Crippen molar-refractivity contribution in [2.24, 2.45) is 17.8 Å². The van der Waals surface area contributed by atoms with Gasteiger partial charge in [0.1, 0.15) is 5.60 Å². The van der Waals surface area contributed by atoms with Crippen molar-refractivity contribution in [3.05, 3.63) is 63.7 Å². The van der Waals surface area contributed by atoms with E-state index in [1.165, 1.54) is 0 Å². The van der Waals surface area contributed by atoms with Crippen LogP contribution in [-0.4, -0.2) is 108 Å². The largest absolute Gasteiger partial charge is 0.444 e. The lowest BCUT2D eigenvalue weighted by atomic mass is 9.94. The number of benzene rings is 2. The first-order valence-electron chi connectivity index (χ1n) is 18.2. The van der Waals surface area contributed by atoms with Gasteiger partial charge < -0.3 is 29.2 Å². The predicted octanol–water partition coefficient (Wildman–Crippen LogP) is 5.63. The van der Waals surface area contributed by atoms with Crippen molar-refractivity contribution >= 4 is 41.1 Å². The van der Waals surface area contributed by atoms with Crippen molar-refractivity contribution in [3.8, 4) is 0 Å². The zero-order chi connectivity index (χ0) is 35.7. The van der Waals surface area contributed by atoms with E-state index in [9.17, 15) is 19.2 Å². The molecule has 50 heavy (non-hydrogen) atoms. The summed E-state index contributed by atoms with van der Waals surface area (Å²) in [5, 5.41) is 0.650. The van der Waals surface area contributed by atoms with Crippen LogP contribution in [0.25, 0.3) is 0 Å². The third-order valence-electron chi connectivity index (χ3n) is 10.9. The minimum atomic E-state index is -0.551. The van der Waals surface area contributed by atoms with E-state index in [4.69, 9.17) is 16.3 Å². The summed E-state index contributed by atoms with van der Waals surface area (Å²) in [5.41, 5.74) is 4.08. The number of fused-ring (bicyclic) bond motifs is 2. The summed E-state index contributed by atoms with van der Waals surface area (Å²) in [6, 6.07) is 11.7. The molecule has 2 atom stereocenters. The fourth-order valence-corrected chi connectivity index (χ4v) is 8.31. The number of nitrogens with zero attached hydrogens (tertiary/aromatic N) is 5. The molecule has 4 amide bonds. The summed E-state index contributed by atoms with van der Waals surface area (Å²) >= 11 is 6.50. The molecule has 0 N–H and O–H groups in total. The SMILES string of the molecule is CC(=O)N1CCC(C(=O)N(CCCN2CC3CN(C(=O)c4cccc5c4CCN(C(=O)OC(C)(C)C)C5)CC3C2)c2ccc(C)c(Cl)c2)CC1. The summed E-state index contributed by atoms with van der Waals surface area (Å²) in [6.07, 6.45) is 2.51. The summed E-state index contributed by atoms with van der Waals surface area (Å²) in [6.45, 7) is 16.2. The molecular weight excluding hydrogens is 654 g/mol. The van der Waals surface area contributed by atoms with E-state index in [1.54, 1.807) is 11.8 Å². The Kier molecular flexibility index (Phi) is 10.8. The molecule has 10 nitrogen and oxygen atoms in total. The average molecular weight is 706 g/mol. The molecule has 0 radical (unpaired) electrons. The standard InChI is InChI=1S/C39H52ClN5O5/c1-26-10-11-32(20-35(26)40)45(36(47)28-12-17-42(18-13-28)27(2)46)16-7-15-41-21-30-24-44(25-31(30)22-41)37(48)34-9-6-8-29-23-43(19-14-33(29)34)38(49)50-39(3,4)5/h6,8-11,20,28,30-31H,7,12-19,21-25H2,1-5H3. The molecular formula is C39H52ClN5O5. The topological polar surface area (TPSA) is 93.7 Å². The Morgan fingerprint density at radius 1 is 0.920 bits per heavy atom. The fraction of sp³-hybridized carbons (Fsp3) is 0.590. The van der Waals surface area contributed by atoms with E-state index < -0.39 is 5.60 Å². The second-order valence-corrected chi connectivity index (χ2v) is 16.0. The molecule has 4 aliphatic rings. The highest BCUT2D eigenvalue weighted by molar-refractivity contribution is 6.31. The number of aryl methyl sites for hydroxylation is 1. The van der Waals surface area contributed by atoms with Gasteiger partial charge in [-0.3, -0.25) is 14.4 Å². The Bertz CT molecular complexity index is 1600.